The number of hydrogen-bond acceptors (Lipinski definition) is 4. The molecule has 0 aliphatic heterocycles. The third kappa shape index (κ3) is 4.87. The number of carbonyl (C=O) groups is 1. The fraction of sp³-hybridized carbons (Fsp3) is 0.296. The van der Waals surface area contributed by atoms with E-state index in [1.807, 2.05) is 61.5 Å². The van der Waals surface area contributed by atoms with Crippen LogP contribution in [0.3, 0.4) is 0 Å². The van der Waals surface area contributed by atoms with Crippen LogP contribution in [0.15, 0.2) is 91.0 Å². The van der Waals surface area contributed by atoms with Gasteiger partial charge in [0.2, 0.25) is 0 Å². The number of aliphatic hydroxyl groups is 1. The van der Waals surface area contributed by atoms with E-state index < -0.39 is 23.6 Å². The average Bonchev–Trinajstić information content (AvgIpc) is 2.84. The lowest BCUT2D eigenvalue weighted by molar-refractivity contribution is -0.151. The van der Waals surface area contributed by atoms with Crippen molar-refractivity contribution >= 4 is 5.97 Å². The molecule has 3 atom stereocenters. The Balaban J connectivity index is 2.03. The van der Waals surface area contributed by atoms with Crippen molar-refractivity contribution in [2.24, 2.45) is 11.8 Å². The molecule has 0 bridgehead atoms. The van der Waals surface area contributed by atoms with E-state index in [1.54, 1.807) is 6.92 Å². The molecule has 0 aliphatic rings. The highest BCUT2D eigenvalue weighted by atomic mass is 16.5. The van der Waals surface area contributed by atoms with Gasteiger partial charge in [-0.25, -0.2) is 0 Å². The normalized spacial score (nSPS) is 14.5. The summed E-state index contributed by atoms with van der Waals surface area (Å²) in [7, 11) is 1.33. The predicted octanol–water partition coefficient (Wildman–Crippen LogP) is 4.80. The highest BCUT2D eigenvalue weighted by Gasteiger charge is 2.39. The summed E-state index contributed by atoms with van der Waals surface area (Å²) in [5.74, 6) is -1.35. The molecule has 3 unspecified atom stereocenters. The number of rotatable bonds is 9. The number of carbonyl (C=O) groups excluding carboxylic acids is 1. The van der Waals surface area contributed by atoms with Crippen LogP contribution in [0.1, 0.15) is 30.5 Å². The zero-order valence-corrected chi connectivity index (χ0v) is 18.3. The summed E-state index contributed by atoms with van der Waals surface area (Å²) in [5, 5.41) is 10.7. The van der Waals surface area contributed by atoms with Crippen LogP contribution in [0, 0.1) is 11.8 Å². The lowest BCUT2D eigenvalue weighted by Crippen LogP contribution is -2.39. The third-order valence-corrected chi connectivity index (χ3v) is 5.77. The molecular formula is C27H30O4. The van der Waals surface area contributed by atoms with Gasteiger partial charge in [0, 0.05) is 5.92 Å². The average molecular weight is 419 g/mol. The number of aliphatic hydroxyl groups excluding tert-OH is 1. The Morgan fingerprint density at radius 1 is 0.806 bits per heavy atom. The minimum Gasteiger partial charge on any atom is -0.469 e. The van der Waals surface area contributed by atoms with Gasteiger partial charge >= 0.3 is 5.97 Å². The van der Waals surface area contributed by atoms with Crippen LogP contribution in [-0.2, 0) is 19.9 Å². The lowest BCUT2D eigenvalue weighted by Gasteiger charge is -2.37. The molecule has 4 nitrogen and oxygen atoms in total. The first-order chi connectivity index (χ1) is 15.0. The molecule has 0 spiro atoms. The minimum atomic E-state index is -0.882. The van der Waals surface area contributed by atoms with Gasteiger partial charge < -0.3 is 14.6 Å². The maximum atomic E-state index is 11.9. The molecular weight excluding hydrogens is 388 g/mol. The monoisotopic (exact) mass is 418 g/mol. The van der Waals surface area contributed by atoms with Gasteiger partial charge in [-0.3, -0.25) is 4.79 Å². The van der Waals surface area contributed by atoms with E-state index in [9.17, 15) is 9.90 Å². The van der Waals surface area contributed by atoms with Crippen molar-refractivity contribution in [3.05, 3.63) is 108 Å². The van der Waals surface area contributed by atoms with Crippen molar-refractivity contribution in [3.8, 4) is 0 Å². The van der Waals surface area contributed by atoms with Gasteiger partial charge in [-0.2, -0.15) is 0 Å². The van der Waals surface area contributed by atoms with E-state index in [1.165, 1.54) is 7.11 Å². The third-order valence-electron chi connectivity index (χ3n) is 5.77. The van der Waals surface area contributed by atoms with Crippen molar-refractivity contribution in [1.82, 2.24) is 0 Å². The van der Waals surface area contributed by atoms with E-state index >= 15 is 0 Å². The highest BCUT2D eigenvalue weighted by molar-refractivity contribution is 5.72. The molecule has 0 aliphatic carbocycles. The lowest BCUT2D eigenvalue weighted by atomic mass is 9.80. The Labute approximate surface area is 184 Å². The Kier molecular flexibility index (Phi) is 7.61. The fourth-order valence-electron chi connectivity index (χ4n) is 3.94. The Morgan fingerprint density at radius 3 is 1.55 bits per heavy atom. The first-order valence-electron chi connectivity index (χ1n) is 10.6. The van der Waals surface area contributed by atoms with E-state index in [0.29, 0.717) is 0 Å². The molecule has 0 fully saturated rings. The molecule has 0 heterocycles. The van der Waals surface area contributed by atoms with Gasteiger partial charge in [0.15, 0.2) is 0 Å². The van der Waals surface area contributed by atoms with Crippen LogP contribution in [0.5, 0.6) is 0 Å². The van der Waals surface area contributed by atoms with Gasteiger partial charge in [0.05, 0.1) is 25.7 Å². The summed E-state index contributed by atoms with van der Waals surface area (Å²) in [4.78, 5) is 11.9. The van der Waals surface area contributed by atoms with E-state index in [4.69, 9.17) is 9.47 Å². The van der Waals surface area contributed by atoms with Crippen LogP contribution in [-0.4, -0.2) is 30.9 Å². The number of esters is 1. The zero-order valence-electron chi connectivity index (χ0n) is 18.3. The summed E-state index contributed by atoms with van der Waals surface area (Å²) in [6, 6.07) is 30.2. The zero-order chi connectivity index (χ0) is 22.3. The van der Waals surface area contributed by atoms with E-state index in [-0.39, 0.29) is 12.5 Å². The van der Waals surface area contributed by atoms with Crippen LogP contribution in [0.2, 0.25) is 0 Å². The first kappa shape index (κ1) is 22.7. The standard InChI is InChI=1S/C27H30O4/c1-20(25(28)21(2)26(29)30-3)19-31-27(22-13-7-4-8-14-22,23-15-9-5-10-16-23)24-17-11-6-12-18-24/h4-18,20-21,25,28H,19H2,1-3H3. The van der Waals surface area contributed by atoms with Crippen LogP contribution in [0.4, 0.5) is 0 Å². The van der Waals surface area contributed by atoms with Crippen molar-refractivity contribution in [2.45, 2.75) is 25.6 Å². The SMILES string of the molecule is COC(=O)C(C)C(O)C(C)COC(c1ccccc1)(c1ccccc1)c1ccccc1. The molecule has 3 aromatic carbocycles. The smallest absolute Gasteiger partial charge is 0.311 e. The van der Waals surface area contributed by atoms with Gasteiger partial charge in [-0.1, -0.05) is 97.9 Å². The number of ether oxygens (including phenoxy) is 2. The van der Waals surface area contributed by atoms with Gasteiger partial charge in [0.1, 0.15) is 5.60 Å². The molecule has 3 rings (SSSR count). The van der Waals surface area contributed by atoms with Gasteiger partial charge in [-0.05, 0) is 23.6 Å². The van der Waals surface area contributed by atoms with Crippen LogP contribution in [0.25, 0.3) is 0 Å². The molecule has 0 amide bonds. The summed E-state index contributed by atoms with van der Waals surface area (Å²) in [6.07, 6.45) is -0.882. The highest BCUT2D eigenvalue weighted by Crippen LogP contribution is 2.41. The minimum absolute atomic E-state index is 0.251. The number of benzene rings is 3. The summed E-state index contributed by atoms with van der Waals surface area (Å²) in [6.45, 7) is 3.81. The van der Waals surface area contributed by atoms with Crippen LogP contribution < -0.4 is 0 Å². The molecule has 31 heavy (non-hydrogen) atoms. The summed E-state index contributed by atoms with van der Waals surface area (Å²) < 4.78 is 11.5. The molecule has 1 N–H and O–H groups in total. The van der Waals surface area contributed by atoms with Crippen molar-refractivity contribution in [3.63, 3.8) is 0 Å². The van der Waals surface area contributed by atoms with Crippen LogP contribution >= 0.6 is 0 Å². The molecule has 0 saturated heterocycles. The molecule has 3 aromatic rings. The number of methoxy groups -OCH3 is 1. The van der Waals surface area contributed by atoms with E-state index in [0.717, 1.165) is 16.7 Å². The molecule has 0 radical (unpaired) electrons. The molecule has 4 heteroatoms. The summed E-state index contributed by atoms with van der Waals surface area (Å²) >= 11 is 0. The second-order valence-corrected chi connectivity index (χ2v) is 7.87. The topological polar surface area (TPSA) is 55.8 Å². The Morgan fingerprint density at radius 2 is 1.19 bits per heavy atom. The number of hydrogen-bond donors (Lipinski definition) is 1. The first-order valence-corrected chi connectivity index (χ1v) is 10.6. The predicted molar refractivity (Wildman–Crippen MR) is 122 cm³/mol. The van der Waals surface area contributed by atoms with Crippen molar-refractivity contribution in [1.29, 1.82) is 0 Å². The largest absolute Gasteiger partial charge is 0.469 e. The Bertz CT molecular complexity index is 844. The second-order valence-electron chi connectivity index (χ2n) is 7.87. The van der Waals surface area contributed by atoms with Gasteiger partial charge in [-0.15, -0.1) is 0 Å². The van der Waals surface area contributed by atoms with Crippen molar-refractivity contribution in [2.75, 3.05) is 13.7 Å². The van der Waals surface area contributed by atoms with E-state index in [2.05, 4.69) is 36.4 Å². The second kappa shape index (κ2) is 10.4. The molecule has 0 aromatic heterocycles. The van der Waals surface area contributed by atoms with Crippen molar-refractivity contribution < 1.29 is 19.4 Å². The fourth-order valence-corrected chi connectivity index (χ4v) is 3.94. The maximum absolute atomic E-state index is 11.9. The van der Waals surface area contributed by atoms with Gasteiger partial charge in [0.25, 0.3) is 0 Å². The summed E-state index contributed by atoms with van der Waals surface area (Å²) in [5.41, 5.74) is 2.13. The quantitative estimate of drug-likeness (QED) is 0.401. The maximum Gasteiger partial charge on any atom is 0.311 e. The molecule has 162 valence electrons. The molecule has 0 saturated carbocycles. The Hall–Kier alpha value is -2.95.